The maximum atomic E-state index is 14.1. The number of hydrogen-bond acceptors (Lipinski definition) is 6. The lowest BCUT2D eigenvalue weighted by atomic mass is 10.1. The second-order valence-corrected chi connectivity index (χ2v) is 8.18. The van der Waals surface area contributed by atoms with Crippen LogP contribution in [0.15, 0.2) is 36.4 Å². The summed E-state index contributed by atoms with van der Waals surface area (Å²) in [5.74, 6) is -1.48. The van der Waals surface area contributed by atoms with Gasteiger partial charge in [-0.05, 0) is 36.6 Å². The van der Waals surface area contributed by atoms with Crippen molar-refractivity contribution in [2.75, 3.05) is 19.3 Å². The summed E-state index contributed by atoms with van der Waals surface area (Å²) < 4.78 is 54.5. The van der Waals surface area contributed by atoms with Crippen LogP contribution in [0.3, 0.4) is 0 Å². The molecular weight excluding hydrogens is 514 g/mol. The standard InChI is InChI=1S/C23H23F4N7O.2C2H2/c1-33(22(35)13-7-5-12(6-8-13)18(28)20(26)27)9-3-2-4-17-30-21-15-10-14(24)11-16(25)19(15)31-23(29)34(21)32-17;2*1-2/h5-8,10-11,18,20H,2-4,9,28H2,1H3,(H2,29,31);2*1-2H. The highest BCUT2D eigenvalue weighted by Crippen LogP contribution is 2.24. The van der Waals surface area contributed by atoms with E-state index in [1.54, 1.807) is 7.05 Å². The summed E-state index contributed by atoms with van der Waals surface area (Å²) in [6.07, 6.45) is 15.0. The van der Waals surface area contributed by atoms with Crippen LogP contribution < -0.4 is 11.5 Å². The van der Waals surface area contributed by atoms with Gasteiger partial charge in [-0.3, -0.25) is 4.79 Å². The Morgan fingerprint density at radius 1 is 1.05 bits per heavy atom. The van der Waals surface area contributed by atoms with Crippen LogP contribution in [0.2, 0.25) is 0 Å². The van der Waals surface area contributed by atoms with Gasteiger partial charge in [0.1, 0.15) is 11.3 Å². The number of nitrogen functional groups attached to an aromatic ring is 1. The van der Waals surface area contributed by atoms with Gasteiger partial charge in [-0.25, -0.2) is 27.5 Å². The molecule has 1 unspecified atom stereocenters. The maximum Gasteiger partial charge on any atom is 0.257 e. The van der Waals surface area contributed by atoms with Crippen molar-refractivity contribution in [3.05, 3.63) is 65.0 Å². The van der Waals surface area contributed by atoms with Gasteiger partial charge in [-0.15, -0.1) is 30.8 Å². The number of rotatable bonds is 8. The first-order valence-electron chi connectivity index (χ1n) is 11.5. The van der Waals surface area contributed by atoms with Gasteiger partial charge in [-0.2, -0.15) is 4.52 Å². The summed E-state index contributed by atoms with van der Waals surface area (Å²) in [5, 5.41) is 4.45. The minimum atomic E-state index is -2.68. The Balaban J connectivity index is 0.00000127. The number of alkyl halides is 2. The topological polar surface area (TPSA) is 115 Å². The number of hydrogen-bond donors (Lipinski definition) is 2. The zero-order valence-corrected chi connectivity index (χ0v) is 21.1. The number of carbonyl (C=O) groups is 1. The van der Waals surface area contributed by atoms with Gasteiger partial charge in [-0.1, -0.05) is 12.1 Å². The molecule has 2 aromatic heterocycles. The van der Waals surface area contributed by atoms with Gasteiger partial charge < -0.3 is 16.4 Å². The van der Waals surface area contributed by atoms with Gasteiger partial charge >= 0.3 is 0 Å². The normalized spacial score (nSPS) is 11.4. The van der Waals surface area contributed by atoms with Crippen molar-refractivity contribution in [1.29, 1.82) is 0 Å². The second-order valence-electron chi connectivity index (χ2n) is 8.18. The predicted octanol–water partition coefficient (Wildman–Crippen LogP) is 4.00. The number of nitrogens with two attached hydrogens (primary N) is 2. The number of terminal acetylenes is 2. The highest BCUT2D eigenvalue weighted by Gasteiger charge is 2.19. The highest BCUT2D eigenvalue weighted by atomic mass is 19.3. The summed E-state index contributed by atoms with van der Waals surface area (Å²) >= 11 is 0. The molecule has 0 saturated carbocycles. The molecule has 0 spiro atoms. The van der Waals surface area contributed by atoms with Crippen LogP contribution in [0.1, 0.15) is 40.6 Å². The number of anilines is 1. The molecule has 4 N–H and O–H groups in total. The number of carbonyl (C=O) groups excluding carboxylic acids is 1. The van der Waals surface area contributed by atoms with Crippen molar-refractivity contribution in [3.63, 3.8) is 0 Å². The quantitative estimate of drug-likeness (QED) is 0.198. The number of fused-ring (bicyclic) bond motifs is 3. The maximum absolute atomic E-state index is 14.1. The molecule has 0 bridgehead atoms. The summed E-state index contributed by atoms with van der Waals surface area (Å²) in [5.41, 5.74) is 12.0. The van der Waals surface area contributed by atoms with Crippen molar-refractivity contribution >= 4 is 28.4 Å². The SMILES string of the molecule is C#C.C#C.CN(CCCCc1nc2c3cc(F)cc(F)c3nc(N)n2n1)C(=O)c1ccc(C(N)C(F)F)cc1. The fraction of sp³-hybridized carbons (Fsp3) is 0.259. The van der Waals surface area contributed by atoms with Crippen LogP contribution in [0.25, 0.3) is 16.6 Å². The Morgan fingerprint density at radius 3 is 2.31 bits per heavy atom. The minimum Gasteiger partial charge on any atom is -0.368 e. The molecule has 8 nitrogen and oxygen atoms in total. The zero-order valence-electron chi connectivity index (χ0n) is 21.1. The molecule has 0 aliphatic carbocycles. The van der Waals surface area contributed by atoms with Crippen LogP contribution in [0, 0.1) is 37.3 Å². The third kappa shape index (κ3) is 7.00. The van der Waals surface area contributed by atoms with Crippen LogP contribution >= 0.6 is 0 Å². The Labute approximate surface area is 223 Å². The Hall–Kier alpha value is -4.68. The number of halogens is 4. The summed E-state index contributed by atoms with van der Waals surface area (Å²) in [4.78, 5) is 22.5. The highest BCUT2D eigenvalue weighted by molar-refractivity contribution is 5.94. The van der Waals surface area contributed by atoms with E-state index in [1.165, 1.54) is 33.7 Å². The second kappa shape index (κ2) is 13.7. The lowest BCUT2D eigenvalue weighted by Gasteiger charge is -2.17. The summed E-state index contributed by atoms with van der Waals surface area (Å²) in [7, 11) is 1.64. The van der Waals surface area contributed by atoms with E-state index in [2.05, 4.69) is 40.8 Å². The summed E-state index contributed by atoms with van der Waals surface area (Å²) in [6.45, 7) is 0.438. The van der Waals surface area contributed by atoms with Gasteiger partial charge in [0.25, 0.3) is 12.3 Å². The molecule has 204 valence electrons. The van der Waals surface area contributed by atoms with Crippen LogP contribution in [0.4, 0.5) is 23.5 Å². The fourth-order valence-corrected chi connectivity index (χ4v) is 3.75. The van der Waals surface area contributed by atoms with E-state index in [0.29, 0.717) is 37.2 Å². The fourth-order valence-electron chi connectivity index (χ4n) is 3.75. The van der Waals surface area contributed by atoms with E-state index in [0.717, 1.165) is 12.1 Å². The van der Waals surface area contributed by atoms with Crippen LogP contribution in [0.5, 0.6) is 0 Å². The van der Waals surface area contributed by atoms with Crippen molar-refractivity contribution in [2.24, 2.45) is 5.73 Å². The number of benzene rings is 2. The van der Waals surface area contributed by atoms with Gasteiger partial charge in [0.15, 0.2) is 17.3 Å². The van der Waals surface area contributed by atoms with E-state index in [-0.39, 0.29) is 34.0 Å². The van der Waals surface area contributed by atoms with E-state index in [1.807, 2.05) is 0 Å². The third-order valence-electron chi connectivity index (χ3n) is 5.67. The average molecular weight is 542 g/mol. The lowest BCUT2D eigenvalue weighted by molar-refractivity contribution is 0.0792. The molecule has 0 fully saturated rings. The largest absolute Gasteiger partial charge is 0.368 e. The van der Waals surface area contributed by atoms with Gasteiger partial charge in [0.2, 0.25) is 5.95 Å². The monoisotopic (exact) mass is 541 g/mol. The number of unbranched alkanes of at least 4 members (excludes halogenated alkanes) is 1. The van der Waals surface area contributed by atoms with E-state index < -0.39 is 24.1 Å². The molecule has 39 heavy (non-hydrogen) atoms. The van der Waals surface area contributed by atoms with Gasteiger partial charge in [0, 0.05) is 31.6 Å². The van der Waals surface area contributed by atoms with E-state index in [9.17, 15) is 22.4 Å². The van der Waals surface area contributed by atoms with Crippen molar-refractivity contribution < 1.29 is 22.4 Å². The predicted molar refractivity (Wildman–Crippen MR) is 142 cm³/mol. The van der Waals surface area contributed by atoms with Crippen molar-refractivity contribution in [2.45, 2.75) is 31.7 Å². The molecule has 0 saturated heterocycles. The Morgan fingerprint density at radius 2 is 1.69 bits per heavy atom. The molecule has 1 amide bonds. The first-order valence-corrected chi connectivity index (χ1v) is 11.5. The molecule has 0 radical (unpaired) electrons. The van der Waals surface area contributed by atoms with Crippen LogP contribution in [-0.2, 0) is 6.42 Å². The van der Waals surface area contributed by atoms with Gasteiger partial charge in [0.05, 0.1) is 11.4 Å². The molecule has 4 rings (SSSR count). The molecule has 2 heterocycles. The molecular formula is C27H27F4N7O. The van der Waals surface area contributed by atoms with E-state index >= 15 is 0 Å². The number of aryl methyl sites for hydroxylation is 1. The molecule has 0 aliphatic heterocycles. The molecule has 2 aromatic carbocycles. The number of amides is 1. The average Bonchev–Trinajstić information content (AvgIpc) is 3.38. The summed E-state index contributed by atoms with van der Waals surface area (Å²) in [6, 6.07) is 6.27. The Kier molecular flexibility index (Phi) is 10.8. The molecule has 12 heteroatoms. The van der Waals surface area contributed by atoms with Crippen molar-refractivity contribution in [3.8, 4) is 25.7 Å². The first kappa shape index (κ1) is 30.5. The first-order chi connectivity index (χ1) is 18.7. The third-order valence-corrected chi connectivity index (χ3v) is 5.67. The van der Waals surface area contributed by atoms with Crippen molar-refractivity contribution in [1.82, 2.24) is 24.5 Å². The smallest absolute Gasteiger partial charge is 0.257 e. The zero-order chi connectivity index (χ0) is 29.3. The van der Waals surface area contributed by atoms with Crippen LogP contribution in [-0.4, -0.2) is 50.4 Å². The lowest BCUT2D eigenvalue weighted by Crippen LogP contribution is -2.28. The minimum absolute atomic E-state index is 0.0670. The number of aromatic nitrogens is 4. The van der Waals surface area contributed by atoms with E-state index in [4.69, 9.17) is 11.5 Å². The molecule has 0 aliphatic rings. The molecule has 4 aromatic rings. The molecule has 1 atom stereocenters. The number of nitrogens with zero attached hydrogens (tertiary/aromatic N) is 5. The Bertz CT molecular complexity index is 1460.